The number of hydrogen-bond donors (Lipinski definition) is 2. The van der Waals surface area contributed by atoms with Crippen molar-refractivity contribution in [2.75, 3.05) is 18.8 Å². The Bertz CT molecular complexity index is 1120. The molecule has 1 aliphatic heterocycles. The largest absolute Gasteiger partial charge is 0.378 e. The van der Waals surface area contributed by atoms with Gasteiger partial charge in [-0.2, -0.15) is 9.78 Å². The van der Waals surface area contributed by atoms with Gasteiger partial charge in [-0.1, -0.05) is 56.7 Å². The van der Waals surface area contributed by atoms with Gasteiger partial charge in [-0.3, -0.25) is 9.69 Å². The highest BCUT2D eigenvalue weighted by molar-refractivity contribution is 5.94. The molecule has 3 aromatic rings. The molecule has 0 bridgehead atoms. The second-order valence-corrected chi connectivity index (χ2v) is 9.18. The first-order valence-electron chi connectivity index (χ1n) is 11.0. The van der Waals surface area contributed by atoms with E-state index in [1.807, 2.05) is 12.1 Å². The van der Waals surface area contributed by atoms with Crippen molar-refractivity contribution >= 4 is 17.9 Å². The molecular formula is C22H29N9O2. The van der Waals surface area contributed by atoms with Crippen molar-refractivity contribution < 1.29 is 9.42 Å². The second-order valence-electron chi connectivity index (χ2n) is 9.18. The average molecular weight is 452 g/mol. The zero-order valence-corrected chi connectivity index (χ0v) is 19.2. The van der Waals surface area contributed by atoms with Gasteiger partial charge >= 0.3 is 0 Å². The molecule has 1 aliphatic rings. The van der Waals surface area contributed by atoms with Crippen LogP contribution in [-0.4, -0.2) is 55.4 Å². The number of rotatable bonds is 6. The second kappa shape index (κ2) is 9.49. The van der Waals surface area contributed by atoms with Crippen LogP contribution in [-0.2, 0) is 12.0 Å². The third-order valence-electron chi connectivity index (χ3n) is 5.65. The lowest BCUT2D eigenvalue weighted by Gasteiger charge is -2.26. The summed E-state index contributed by atoms with van der Waals surface area (Å²) in [5.41, 5.74) is 11.3. The minimum absolute atomic E-state index is 0.0726. The van der Waals surface area contributed by atoms with Crippen LogP contribution in [0, 0.1) is 0 Å². The molecule has 3 heterocycles. The van der Waals surface area contributed by atoms with Crippen molar-refractivity contribution in [3.8, 4) is 5.82 Å². The van der Waals surface area contributed by atoms with E-state index in [4.69, 9.17) is 10.4 Å². The van der Waals surface area contributed by atoms with Gasteiger partial charge in [0.25, 0.3) is 5.91 Å². The van der Waals surface area contributed by atoms with E-state index in [1.165, 1.54) is 16.7 Å². The third-order valence-corrected chi connectivity index (χ3v) is 5.65. The summed E-state index contributed by atoms with van der Waals surface area (Å²) in [5.74, 6) is -0.190. The Morgan fingerprint density at radius 2 is 1.91 bits per heavy atom. The highest BCUT2D eigenvalue weighted by Gasteiger charge is 2.26. The molecule has 3 N–H and O–H groups in total. The standard InChI is InChI=1S/C22H29N9O2/c1-22(2,3)16-9-7-15(8-10-16)13-24-26-21(32)18-17(14-30-11-5-4-6-12-30)31(29-25-18)20-19(23)27-33-28-20/h7-10,13H,4-6,11-12,14H2,1-3H3,(H2,23,27)(H,26,32)/b24-13+. The van der Waals surface area contributed by atoms with Crippen LogP contribution < -0.4 is 11.2 Å². The summed E-state index contributed by atoms with van der Waals surface area (Å²) in [5, 5.41) is 19.7. The quantitative estimate of drug-likeness (QED) is 0.430. The summed E-state index contributed by atoms with van der Waals surface area (Å²) in [6.07, 6.45) is 5.01. The lowest BCUT2D eigenvalue weighted by Crippen LogP contribution is -2.31. The van der Waals surface area contributed by atoms with Gasteiger partial charge in [0.1, 0.15) is 0 Å². The molecule has 4 rings (SSSR count). The Labute approximate surface area is 192 Å². The van der Waals surface area contributed by atoms with Crippen molar-refractivity contribution in [3.63, 3.8) is 0 Å². The summed E-state index contributed by atoms with van der Waals surface area (Å²) in [6, 6.07) is 8.05. The highest BCUT2D eigenvalue weighted by atomic mass is 16.6. The van der Waals surface area contributed by atoms with Crippen molar-refractivity contribution in [2.24, 2.45) is 5.10 Å². The first-order valence-corrected chi connectivity index (χ1v) is 11.0. The van der Waals surface area contributed by atoms with Crippen molar-refractivity contribution in [1.82, 2.24) is 35.6 Å². The maximum atomic E-state index is 12.9. The molecule has 1 amide bonds. The molecule has 0 saturated carbocycles. The van der Waals surface area contributed by atoms with Gasteiger partial charge in [0.15, 0.2) is 5.69 Å². The number of nitrogens with zero attached hydrogens (tertiary/aromatic N) is 7. The molecule has 1 fully saturated rings. The first kappa shape index (κ1) is 22.6. The smallest absolute Gasteiger partial charge is 0.293 e. The fourth-order valence-corrected chi connectivity index (χ4v) is 3.74. The number of carbonyl (C=O) groups is 1. The number of hydrazone groups is 1. The molecule has 0 radical (unpaired) electrons. The molecule has 0 aliphatic carbocycles. The number of nitrogens with one attached hydrogen (secondary N) is 1. The van der Waals surface area contributed by atoms with Crippen LogP contribution >= 0.6 is 0 Å². The number of anilines is 1. The maximum absolute atomic E-state index is 12.9. The Kier molecular flexibility index (Phi) is 6.50. The van der Waals surface area contributed by atoms with Crippen molar-refractivity contribution in [1.29, 1.82) is 0 Å². The zero-order chi connectivity index (χ0) is 23.4. The average Bonchev–Trinajstić information content (AvgIpc) is 3.40. The van der Waals surface area contributed by atoms with E-state index in [1.54, 1.807) is 6.21 Å². The minimum Gasteiger partial charge on any atom is -0.378 e. The number of likely N-dealkylation sites (tertiary alicyclic amines) is 1. The van der Waals surface area contributed by atoms with Gasteiger partial charge < -0.3 is 5.73 Å². The monoisotopic (exact) mass is 451 g/mol. The lowest BCUT2D eigenvalue weighted by molar-refractivity contribution is 0.0947. The van der Waals surface area contributed by atoms with Crippen LogP contribution in [0.1, 0.15) is 67.3 Å². The Morgan fingerprint density at radius 3 is 2.55 bits per heavy atom. The fourth-order valence-electron chi connectivity index (χ4n) is 3.74. The Hall–Kier alpha value is -3.60. The zero-order valence-electron chi connectivity index (χ0n) is 19.2. The molecule has 1 aromatic carbocycles. The molecule has 11 heteroatoms. The normalized spacial score (nSPS) is 15.2. The van der Waals surface area contributed by atoms with E-state index in [0.717, 1.165) is 31.5 Å². The number of hydrogen-bond acceptors (Lipinski definition) is 9. The van der Waals surface area contributed by atoms with Crippen LogP contribution in [0.25, 0.3) is 5.82 Å². The van der Waals surface area contributed by atoms with Gasteiger partial charge in [0.2, 0.25) is 11.6 Å². The number of aromatic nitrogens is 5. The molecule has 1 saturated heterocycles. The van der Waals surface area contributed by atoms with Gasteiger partial charge in [0, 0.05) is 6.54 Å². The van der Waals surface area contributed by atoms with E-state index in [-0.39, 0.29) is 22.7 Å². The van der Waals surface area contributed by atoms with Gasteiger partial charge in [-0.05, 0) is 52.8 Å². The van der Waals surface area contributed by atoms with E-state index < -0.39 is 5.91 Å². The van der Waals surface area contributed by atoms with Crippen LogP contribution in [0.3, 0.4) is 0 Å². The van der Waals surface area contributed by atoms with E-state index in [0.29, 0.717) is 12.2 Å². The third kappa shape index (κ3) is 5.25. The summed E-state index contributed by atoms with van der Waals surface area (Å²) < 4.78 is 6.11. The highest BCUT2D eigenvalue weighted by Crippen LogP contribution is 2.22. The summed E-state index contributed by atoms with van der Waals surface area (Å²) >= 11 is 0. The first-order chi connectivity index (χ1) is 15.8. The molecular weight excluding hydrogens is 422 g/mol. The molecule has 2 aromatic heterocycles. The Morgan fingerprint density at radius 1 is 1.18 bits per heavy atom. The molecule has 0 unspecified atom stereocenters. The number of benzene rings is 1. The van der Waals surface area contributed by atoms with Crippen LogP contribution in [0.4, 0.5) is 5.82 Å². The van der Waals surface area contributed by atoms with Crippen LogP contribution in [0.15, 0.2) is 34.0 Å². The summed E-state index contributed by atoms with van der Waals surface area (Å²) in [4.78, 5) is 15.2. The minimum atomic E-state index is -0.467. The maximum Gasteiger partial charge on any atom is 0.293 e. The number of nitrogens with two attached hydrogens (primary N) is 1. The number of piperidine rings is 1. The molecule has 0 spiro atoms. The van der Waals surface area contributed by atoms with E-state index in [2.05, 4.69) is 69.0 Å². The van der Waals surface area contributed by atoms with E-state index in [9.17, 15) is 4.79 Å². The molecule has 0 atom stereocenters. The topological polar surface area (TPSA) is 140 Å². The predicted molar refractivity (Wildman–Crippen MR) is 123 cm³/mol. The number of amides is 1. The molecule has 174 valence electrons. The number of carbonyl (C=O) groups excluding carboxylic acids is 1. The number of nitrogen functional groups attached to an aromatic ring is 1. The van der Waals surface area contributed by atoms with E-state index >= 15 is 0 Å². The van der Waals surface area contributed by atoms with Gasteiger partial charge in [-0.15, -0.1) is 5.10 Å². The molecule has 11 nitrogen and oxygen atoms in total. The van der Waals surface area contributed by atoms with Crippen LogP contribution in [0.2, 0.25) is 0 Å². The summed E-state index contributed by atoms with van der Waals surface area (Å²) in [6.45, 7) is 8.82. The predicted octanol–water partition coefficient (Wildman–Crippen LogP) is 2.28. The van der Waals surface area contributed by atoms with Gasteiger partial charge in [0.05, 0.1) is 11.9 Å². The Balaban J connectivity index is 1.52. The van der Waals surface area contributed by atoms with Crippen molar-refractivity contribution in [3.05, 3.63) is 46.8 Å². The molecule has 33 heavy (non-hydrogen) atoms. The van der Waals surface area contributed by atoms with Gasteiger partial charge in [-0.25, -0.2) is 10.1 Å². The summed E-state index contributed by atoms with van der Waals surface area (Å²) in [7, 11) is 0. The SMILES string of the molecule is CC(C)(C)c1ccc(/C=N/NC(=O)c2nnn(-c3nonc3N)c2CN2CCCCC2)cc1. The van der Waals surface area contributed by atoms with Crippen LogP contribution in [0.5, 0.6) is 0 Å². The van der Waals surface area contributed by atoms with Crippen molar-refractivity contribution in [2.45, 2.75) is 52.0 Å². The fraction of sp³-hybridized carbons (Fsp3) is 0.455. The lowest BCUT2D eigenvalue weighted by atomic mass is 9.87.